The first-order valence-corrected chi connectivity index (χ1v) is 9.22. The molecule has 0 bridgehead atoms. The molecule has 1 saturated heterocycles. The van der Waals surface area contributed by atoms with E-state index in [1.165, 1.54) is 0 Å². The standard InChI is InChI=1S/C20H23N5O2/c1-13-11-25(9-7-18(13)26)12-19-23-20(24-27-19)16-5-3-4-15(10-16)17-6-8-21-14(2)22-17/h3-6,8,10,13,18,26H,7,9,11-12H2,1-2H3/t13-,18+/m0/s1. The highest BCUT2D eigenvalue weighted by Gasteiger charge is 2.25. The monoisotopic (exact) mass is 365 g/mol. The fourth-order valence-corrected chi connectivity index (χ4v) is 3.43. The van der Waals surface area contributed by atoms with E-state index in [0.717, 1.165) is 42.2 Å². The van der Waals surface area contributed by atoms with E-state index in [2.05, 4.69) is 31.9 Å². The van der Waals surface area contributed by atoms with Crippen molar-refractivity contribution >= 4 is 0 Å². The first-order valence-electron chi connectivity index (χ1n) is 9.22. The second-order valence-electron chi connectivity index (χ2n) is 7.15. The zero-order valence-corrected chi connectivity index (χ0v) is 15.5. The summed E-state index contributed by atoms with van der Waals surface area (Å²) in [5, 5.41) is 14.0. The third-order valence-corrected chi connectivity index (χ3v) is 4.96. The average Bonchev–Trinajstić information content (AvgIpc) is 3.13. The molecule has 1 aromatic carbocycles. The number of rotatable bonds is 4. The Balaban J connectivity index is 1.51. The van der Waals surface area contributed by atoms with Crippen molar-refractivity contribution in [3.8, 4) is 22.6 Å². The molecule has 0 saturated carbocycles. The maximum atomic E-state index is 9.86. The van der Waals surface area contributed by atoms with E-state index >= 15 is 0 Å². The van der Waals surface area contributed by atoms with Crippen LogP contribution in [0.25, 0.3) is 22.6 Å². The van der Waals surface area contributed by atoms with Crippen molar-refractivity contribution in [2.75, 3.05) is 13.1 Å². The topological polar surface area (TPSA) is 88.2 Å². The minimum Gasteiger partial charge on any atom is -0.393 e. The van der Waals surface area contributed by atoms with E-state index in [9.17, 15) is 5.11 Å². The Kier molecular flexibility index (Phi) is 4.96. The molecule has 2 aromatic heterocycles. The molecule has 0 amide bonds. The largest absolute Gasteiger partial charge is 0.393 e. The number of likely N-dealkylation sites (tertiary alicyclic amines) is 1. The molecule has 0 spiro atoms. The summed E-state index contributed by atoms with van der Waals surface area (Å²) in [7, 11) is 0. The molecule has 1 N–H and O–H groups in total. The fourth-order valence-electron chi connectivity index (χ4n) is 3.43. The van der Waals surface area contributed by atoms with Gasteiger partial charge in [0.1, 0.15) is 5.82 Å². The summed E-state index contributed by atoms with van der Waals surface area (Å²) in [6, 6.07) is 9.83. The van der Waals surface area contributed by atoms with E-state index in [4.69, 9.17) is 4.52 Å². The third-order valence-electron chi connectivity index (χ3n) is 4.96. The SMILES string of the molecule is Cc1nccc(-c2cccc(-c3noc(CN4CC[C@@H](O)[C@@H](C)C4)n3)c2)n1. The van der Waals surface area contributed by atoms with Gasteiger partial charge in [0.2, 0.25) is 11.7 Å². The summed E-state index contributed by atoms with van der Waals surface area (Å²) in [4.78, 5) is 15.4. The number of aromatic nitrogens is 4. The van der Waals surface area contributed by atoms with Gasteiger partial charge in [-0.1, -0.05) is 30.3 Å². The van der Waals surface area contributed by atoms with Crippen LogP contribution in [0.5, 0.6) is 0 Å². The van der Waals surface area contributed by atoms with Crippen molar-refractivity contribution in [1.82, 2.24) is 25.0 Å². The van der Waals surface area contributed by atoms with Crippen molar-refractivity contribution in [2.24, 2.45) is 5.92 Å². The van der Waals surface area contributed by atoms with Gasteiger partial charge in [0.15, 0.2) is 0 Å². The quantitative estimate of drug-likeness (QED) is 0.760. The third kappa shape index (κ3) is 4.04. The molecule has 0 radical (unpaired) electrons. The normalized spacial score (nSPS) is 20.7. The number of aryl methyl sites for hydroxylation is 1. The van der Waals surface area contributed by atoms with Gasteiger partial charge < -0.3 is 9.63 Å². The molecule has 3 heterocycles. The van der Waals surface area contributed by atoms with Crippen LogP contribution in [0.2, 0.25) is 0 Å². The molecule has 0 aliphatic carbocycles. The van der Waals surface area contributed by atoms with Crippen molar-refractivity contribution in [1.29, 1.82) is 0 Å². The lowest BCUT2D eigenvalue weighted by atomic mass is 9.97. The van der Waals surface area contributed by atoms with Crippen molar-refractivity contribution in [3.63, 3.8) is 0 Å². The van der Waals surface area contributed by atoms with Gasteiger partial charge in [-0.2, -0.15) is 4.98 Å². The van der Waals surface area contributed by atoms with E-state index in [0.29, 0.717) is 18.3 Å². The Bertz CT molecular complexity index is 926. The predicted molar refractivity (Wildman–Crippen MR) is 101 cm³/mol. The van der Waals surface area contributed by atoms with E-state index < -0.39 is 0 Å². The Morgan fingerprint density at radius 3 is 2.89 bits per heavy atom. The number of piperidine rings is 1. The summed E-state index contributed by atoms with van der Waals surface area (Å²) in [5.74, 6) is 2.16. The molecule has 7 nitrogen and oxygen atoms in total. The summed E-state index contributed by atoms with van der Waals surface area (Å²) >= 11 is 0. The molecular formula is C20H23N5O2. The molecule has 7 heteroatoms. The summed E-state index contributed by atoms with van der Waals surface area (Å²) < 4.78 is 5.46. The molecular weight excluding hydrogens is 342 g/mol. The number of aliphatic hydroxyl groups is 1. The zero-order chi connectivity index (χ0) is 18.8. The number of hydrogen-bond acceptors (Lipinski definition) is 7. The highest BCUT2D eigenvalue weighted by molar-refractivity contribution is 5.67. The van der Waals surface area contributed by atoms with Crippen LogP contribution in [0, 0.1) is 12.8 Å². The summed E-state index contributed by atoms with van der Waals surface area (Å²) in [5.41, 5.74) is 2.75. The van der Waals surface area contributed by atoms with Gasteiger partial charge in [-0.15, -0.1) is 0 Å². The second-order valence-corrected chi connectivity index (χ2v) is 7.15. The Morgan fingerprint density at radius 1 is 1.22 bits per heavy atom. The second kappa shape index (κ2) is 7.54. The zero-order valence-electron chi connectivity index (χ0n) is 15.5. The maximum absolute atomic E-state index is 9.86. The summed E-state index contributed by atoms with van der Waals surface area (Å²) in [6.45, 7) is 6.22. The number of hydrogen-bond donors (Lipinski definition) is 1. The van der Waals surface area contributed by atoms with Crippen LogP contribution >= 0.6 is 0 Å². The maximum Gasteiger partial charge on any atom is 0.241 e. The lowest BCUT2D eigenvalue weighted by Gasteiger charge is -2.33. The van der Waals surface area contributed by atoms with Gasteiger partial charge in [0, 0.05) is 30.4 Å². The predicted octanol–water partition coefficient (Wildman–Crippen LogP) is 2.70. The molecule has 1 aliphatic heterocycles. The van der Waals surface area contributed by atoms with Crippen LogP contribution in [0.15, 0.2) is 41.1 Å². The number of aliphatic hydroxyl groups excluding tert-OH is 1. The van der Waals surface area contributed by atoms with Crippen molar-refractivity contribution in [2.45, 2.75) is 32.9 Å². The molecule has 2 atom stereocenters. The minimum atomic E-state index is -0.215. The Labute approximate surface area is 158 Å². The fraction of sp³-hybridized carbons (Fsp3) is 0.400. The smallest absolute Gasteiger partial charge is 0.241 e. The van der Waals surface area contributed by atoms with Gasteiger partial charge in [-0.25, -0.2) is 9.97 Å². The highest BCUT2D eigenvalue weighted by atomic mass is 16.5. The molecule has 4 rings (SSSR count). The van der Waals surface area contributed by atoms with Crippen LogP contribution in [-0.4, -0.2) is 49.3 Å². The lowest BCUT2D eigenvalue weighted by Crippen LogP contribution is -2.41. The van der Waals surface area contributed by atoms with Crippen LogP contribution in [0.1, 0.15) is 25.1 Å². The van der Waals surface area contributed by atoms with Crippen LogP contribution in [0.4, 0.5) is 0 Å². The van der Waals surface area contributed by atoms with Gasteiger partial charge in [0.25, 0.3) is 0 Å². The van der Waals surface area contributed by atoms with Gasteiger partial charge in [-0.05, 0) is 31.4 Å². The van der Waals surface area contributed by atoms with Gasteiger partial charge in [0.05, 0.1) is 18.3 Å². The molecule has 3 aromatic rings. The van der Waals surface area contributed by atoms with Crippen LogP contribution in [0.3, 0.4) is 0 Å². The molecule has 1 fully saturated rings. The van der Waals surface area contributed by atoms with Crippen LogP contribution in [-0.2, 0) is 6.54 Å². The number of benzene rings is 1. The first-order chi connectivity index (χ1) is 13.1. The number of nitrogens with zero attached hydrogens (tertiary/aromatic N) is 5. The van der Waals surface area contributed by atoms with E-state index in [1.807, 2.05) is 37.3 Å². The lowest BCUT2D eigenvalue weighted by molar-refractivity contribution is 0.0282. The summed E-state index contributed by atoms with van der Waals surface area (Å²) in [6.07, 6.45) is 2.32. The first kappa shape index (κ1) is 17.8. The Hall–Kier alpha value is -2.64. The molecule has 140 valence electrons. The van der Waals surface area contributed by atoms with E-state index in [-0.39, 0.29) is 12.0 Å². The van der Waals surface area contributed by atoms with Crippen molar-refractivity contribution < 1.29 is 9.63 Å². The molecule has 1 aliphatic rings. The highest BCUT2D eigenvalue weighted by Crippen LogP contribution is 2.24. The Morgan fingerprint density at radius 2 is 2.07 bits per heavy atom. The molecule has 27 heavy (non-hydrogen) atoms. The van der Waals surface area contributed by atoms with Crippen LogP contribution < -0.4 is 0 Å². The van der Waals surface area contributed by atoms with Crippen molar-refractivity contribution in [3.05, 3.63) is 48.2 Å². The van der Waals surface area contributed by atoms with Gasteiger partial charge in [-0.3, -0.25) is 4.90 Å². The minimum absolute atomic E-state index is 0.215. The average molecular weight is 365 g/mol. The van der Waals surface area contributed by atoms with Gasteiger partial charge >= 0.3 is 0 Å². The molecule has 0 unspecified atom stereocenters. The van der Waals surface area contributed by atoms with E-state index in [1.54, 1.807) is 6.20 Å².